The minimum absolute atomic E-state index is 0.0297. The van der Waals surface area contributed by atoms with Gasteiger partial charge in [0.25, 0.3) is 5.91 Å². The summed E-state index contributed by atoms with van der Waals surface area (Å²) in [5.74, 6) is -0.868. The van der Waals surface area contributed by atoms with E-state index < -0.39 is 29.5 Å². The van der Waals surface area contributed by atoms with E-state index in [9.17, 15) is 22.4 Å². The third kappa shape index (κ3) is 4.49. The van der Waals surface area contributed by atoms with Gasteiger partial charge in [-0.1, -0.05) is 24.3 Å². The number of amides is 1. The van der Waals surface area contributed by atoms with Gasteiger partial charge in [0.05, 0.1) is 24.6 Å². The molecule has 0 bridgehead atoms. The molecule has 1 N–H and O–H groups in total. The molecule has 1 atom stereocenters. The maximum absolute atomic E-state index is 14.6. The predicted molar refractivity (Wildman–Crippen MR) is 114 cm³/mol. The van der Waals surface area contributed by atoms with Crippen molar-refractivity contribution in [3.8, 4) is 11.4 Å². The van der Waals surface area contributed by atoms with Crippen LogP contribution in [0, 0.1) is 5.82 Å². The number of hydrogen-bond donors (Lipinski definition) is 1. The third-order valence-corrected chi connectivity index (χ3v) is 5.16. The molecule has 2 aromatic carbocycles. The number of rotatable bonds is 6. The lowest BCUT2D eigenvalue weighted by molar-refractivity contribution is -0.137. The molecule has 0 fully saturated rings. The van der Waals surface area contributed by atoms with Gasteiger partial charge in [-0.2, -0.15) is 18.3 Å². The lowest BCUT2D eigenvalue weighted by Gasteiger charge is -2.19. The van der Waals surface area contributed by atoms with Gasteiger partial charge >= 0.3 is 6.18 Å². The molecular weight excluding hydrogens is 454 g/mol. The molecule has 0 unspecified atom stereocenters. The number of nitrogens with zero attached hydrogens (tertiary/aromatic N) is 4. The Labute approximate surface area is 191 Å². The number of alkyl halides is 3. The number of aryl methyl sites for hydroxylation is 1. The fourth-order valence-corrected chi connectivity index (χ4v) is 3.47. The molecule has 2 heterocycles. The lowest BCUT2D eigenvalue weighted by atomic mass is 10.1. The Hall–Kier alpha value is -4.15. The van der Waals surface area contributed by atoms with Gasteiger partial charge in [0.1, 0.15) is 17.7 Å². The highest BCUT2D eigenvalue weighted by Gasteiger charge is 2.31. The zero-order chi connectivity index (χ0) is 24.5. The number of halogens is 4. The second kappa shape index (κ2) is 9.00. The molecular formula is C23H19F4N5O2. The number of ether oxygens (including phenoxy) is 1. The van der Waals surface area contributed by atoms with Gasteiger partial charge in [-0.15, -0.1) is 0 Å². The van der Waals surface area contributed by atoms with Gasteiger partial charge < -0.3 is 14.6 Å². The standard InChI is InChI=1S/C23H19F4N5O2/c1-31-11-10-28-21(31)19(16-8-3-4-9-17(16)24)29-22(33)20-18(34-2)13-32(30-20)15-7-5-6-14(12-15)23(25,26)27/h3-13,19H,1-2H3,(H,29,33)/t19-/m1/s1. The fourth-order valence-electron chi connectivity index (χ4n) is 3.47. The summed E-state index contributed by atoms with van der Waals surface area (Å²) in [4.78, 5) is 17.4. The van der Waals surface area contributed by atoms with E-state index in [1.807, 2.05) is 0 Å². The van der Waals surface area contributed by atoms with E-state index in [2.05, 4.69) is 15.4 Å². The van der Waals surface area contributed by atoms with Crippen LogP contribution in [0.15, 0.2) is 67.1 Å². The Morgan fingerprint density at radius 1 is 1.15 bits per heavy atom. The van der Waals surface area contributed by atoms with E-state index >= 15 is 0 Å². The van der Waals surface area contributed by atoms with Crippen LogP contribution in [-0.4, -0.2) is 32.3 Å². The highest BCUT2D eigenvalue weighted by molar-refractivity contribution is 5.95. The first-order valence-electron chi connectivity index (χ1n) is 10.0. The maximum atomic E-state index is 14.6. The maximum Gasteiger partial charge on any atom is 0.416 e. The average molecular weight is 473 g/mol. The molecule has 4 aromatic rings. The molecule has 34 heavy (non-hydrogen) atoms. The summed E-state index contributed by atoms with van der Waals surface area (Å²) in [7, 11) is 3.00. The van der Waals surface area contributed by atoms with E-state index in [0.717, 1.165) is 16.8 Å². The molecule has 0 saturated heterocycles. The first-order valence-corrected chi connectivity index (χ1v) is 10.0. The quantitative estimate of drug-likeness (QED) is 0.424. The molecule has 1 amide bonds. The van der Waals surface area contributed by atoms with E-state index in [1.54, 1.807) is 23.9 Å². The van der Waals surface area contributed by atoms with Gasteiger partial charge in [0.15, 0.2) is 11.4 Å². The largest absolute Gasteiger partial charge is 0.493 e. The van der Waals surface area contributed by atoms with Crippen molar-refractivity contribution in [2.24, 2.45) is 7.05 Å². The Bertz CT molecular complexity index is 1330. The number of benzene rings is 2. The molecule has 11 heteroatoms. The summed E-state index contributed by atoms with van der Waals surface area (Å²) < 4.78 is 61.9. The zero-order valence-electron chi connectivity index (χ0n) is 18.0. The van der Waals surface area contributed by atoms with E-state index in [-0.39, 0.29) is 22.7 Å². The molecule has 0 aliphatic heterocycles. The van der Waals surface area contributed by atoms with E-state index in [0.29, 0.717) is 5.82 Å². The molecule has 0 spiro atoms. The summed E-state index contributed by atoms with van der Waals surface area (Å²) in [5.41, 5.74) is -0.779. The number of carbonyl (C=O) groups is 1. The summed E-state index contributed by atoms with van der Waals surface area (Å²) in [6, 6.07) is 9.47. The minimum atomic E-state index is -4.54. The molecule has 0 aliphatic rings. The van der Waals surface area contributed by atoms with Crippen LogP contribution in [0.25, 0.3) is 5.69 Å². The van der Waals surface area contributed by atoms with Crippen LogP contribution in [0.3, 0.4) is 0 Å². The number of hydrogen-bond acceptors (Lipinski definition) is 4. The van der Waals surface area contributed by atoms with E-state index in [4.69, 9.17) is 4.74 Å². The zero-order valence-corrected chi connectivity index (χ0v) is 18.0. The van der Waals surface area contributed by atoms with Gasteiger partial charge in [-0.05, 0) is 24.3 Å². The number of methoxy groups -OCH3 is 1. The van der Waals surface area contributed by atoms with E-state index in [1.165, 1.54) is 49.8 Å². The van der Waals surface area contributed by atoms with Crippen molar-refractivity contribution in [1.82, 2.24) is 24.6 Å². The molecule has 2 aromatic heterocycles. The van der Waals surface area contributed by atoms with Gasteiger partial charge in [-0.3, -0.25) is 4.79 Å². The smallest absolute Gasteiger partial charge is 0.416 e. The normalized spacial score (nSPS) is 12.4. The summed E-state index contributed by atoms with van der Waals surface area (Å²) >= 11 is 0. The van der Waals surface area contributed by atoms with Gasteiger partial charge in [0.2, 0.25) is 0 Å². The van der Waals surface area contributed by atoms with Crippen molar-refractivity contribution in [3.05, 3.63) is 95.6 Å². The van der Waals surface area contributed by atoms with Crippen LogP contribution < -0.4 is 10.1 Å². The average Bonchev–Trinajstić information content (AvgIpc) is 3.44. The van der Waals surface area contributed by atoms with Crippen molar-refractivity contribution < 1.29 is 27.1 Å². The first kappa shape index (κ1) is 23.0. The highest BCUT2D eigenvalue weighted by atomic mass is 19.4. The predicted octanol–water partition coefficient (Wildman–Crippen LogP) is 4.29. The lowest BCUT2D eigenvalue weighted by Crippen LogP contribution is -2.32. The number of aromatic nitrogens is 4. The Balaban J connectivity index is 1.71. The summed E-state index contributed by atoms with van der Waals surface area (Å²) in [5, 5.41) is 6.85. The van der Waals surface area contributed by atoms with Crippen LogP contribution in [0.4, 0.5) is 17.6 Å². The SMILES string of the molecule is COc1cn(-c2cccc(C(F)(F)F)c2)nc1C(=O)N[C@H](c1ccccc1F)c1nccn1C. The third-order valence-electron chi connectivity index (χ3n) is 5.16. The van der Waals surface area contributed by atoms with Crippen molar-refractivity contribution in [2.45, 2.75) is 12.2 Å². The summed E-state index contributed by atoms with van der Waals surface area (Å²) in [6.07, 6.45) is -0.0810. The van der Waals surface area contributed by atoms with Crippen molar-refractivity contribution >= 4 is 5.91 Å². The molecule has 176 valence electrons. The number of carbonyl (C=O) groups excluding carboxylic acids is 1. The van der Waals surface area contributed by atoms with Crippen LogP contribution in [0.2, 0.25) is 0 Å². The Morgan fingerprint density at radius 2 is 1.91 bits per heavy atom. The monoisotopic (exact) mass is 473 g/mol. The van der Waals surface area contributed by atoms with Gasteiger partial charge in [0, 0.05) is 25.0 Å². The van der Waals surface area contributed by atoms with Crippen molar-refractivity contribution in [1.29, 1.82) is 0 Å². The second-order valence-electron chi connectivity index (χ2n) is 7.36. The highest BCUT2D eigenvalue weighted by Crippen LogP contribution is 2.31. The van der Waals surface area contributed by atoms with Crippen LogP contribution >= 0.6 is 0 Å². The molecule has 7 nitrogen and oxygen atoms in total. The number of imidazole rings is 1. The molecule has 0 radical (unpaired) electrons. The number of nitrogens with one attached hydrogen (secondary N) is 1. The van der Waals surface area contributed by atoms with Crippen LogP contribution in [0.5, 0.6) is 5.75 Å². The van der Waals surface area contributed by atoms with Crippen LogP contribution in [-0.2, 0) is 13.2 Å². The second-order valence-corrected chi connectivity index (χ2v) is 7.36. The Morgan fingerprint density at radius 3 is 2.56 bits per heavy atom. The molecule has 0 aliphatic carbocycles. The Kier molecular flexibility index (Phi) is 6.10. The molecule has 0 saturated carbocycles. The van der Waals surface area contributed by atoms with Gasteiger partial charge in [-0.25, -0.2) is 14.1 Å². The minimum Gasteiger partial charge on any atom is -0.493 e. The molecule has 4 rings (SSSR count). The topological polar surface area (TPSA) is 74.0 Å². The first-order chi connectivity index (χ1) is 16.2. The fraction of sp³-hybridized carbons (Fsp3) is 0.174. The van der Waals surface area contributed by atoms with Crippen molar-refractivity contribution in [2.75, 3.05) is 7.11 Å². The summed E-state index contributed by atoms with van der Waals surface area (Å²) in [6.45, 7) is 0. The van der Waals surface area contributed by atoms with Crippen LogP contribution in [0.1, 0.15) is 33.5 Å². The van der Waals surface area contributed by atoms with Crippen molar-refractivity contribution in [3.63, 3.8) is 0 Å².